The summed E-state index contributed by atoms with van der Waals surface area (Å²) in [5.74, 6) is -0.804. The second kappa shape index (κ2) is 11.2. The minimum absolute atomic E-state index is 0.0553. The molecule has 0 fully saturated rings. The Hall–Kier alpha value is -3.38. The van der Waals surface area contributed by atoms with E-state index in [2.05, 4.69) is 20.9 Å². The highest BCUT2D eigenvalue weighted by atomic mass is 32.2. The summed E-state index contributed by atoms with van der Waals surface area (Å²) >= 11 is 2.49. The fourth-order valence-electron chi connectivity index (χ4n) is 2.75. The molecule has 3 rings (SSSR count). The van der Waals surface area contributed by atoms with Gasteiger partial charge in [-0.1, -0.05) is 17.8 Å². The van der Waals surface area contributed by atoms with Crippen LogP contribution in [0.4, 0.5) is 30.2 Å². The number of hydrogen-bond donors (Lipinski definition) is 3. The lowest BCUT2D eigenvalue weighted by atomic mass is 10.2. The van der Waals surface area contributed by atoms with Gasteiger partial charge in [0.1, 0.15) is 0 Å². The van der Waals surface area contributed by atoms with E-state index in [-0.39, 0.29) is 29.7 Å². The molecule has 0 bridgehead atoms. The van der Waals surface area contributed by atoms with Gasteiger partial charge in [-0.25, -0.2) is 4.98 Å². The van der Waals surface area contributed by atoms with Crippen molar-refractivity contribution in [2.24, 2.45) is 0 Å². The van der Waals surface area contributed by atoms with Crippen LogP contribution in [0.5, 0.6) is 0 Å². The van der Waals surface area contributed by atoms with E-state index in [0.29, 0.717) is 21.4 Å². The van der Waals surface area contributed by atoms with Crippen LogP contribution < -0.4 is 16.0 Å². The number of hydrogen-bond acceptors (Lipinski definition) is 6. The van der Waals surface area contributed by atoms with Crippen molar-refractivity contribution in [3.8, 4) is 0 Å². The Labute approximate surface area is 201 Å². The van der Waals surface area contributed by atoms with E-state index in [4.69, 9.17) is 0 Å². The monoisotopic (exact) mass is 508 g/mol. The highest BCUT2D eigenvalue weighted by Crippen LogP contribution is 2.30. The minimum Gasteiger partial charge on any atom is -0.326 e. The van der Waals surface area contributed by atoms with Gasteiger partial charge in [0, 0.05) is 29.4 Å². The predicted molar refractivity (Wildman–Crippen MR) is 126 cm³/mol. The molecule has 0 aliphatic carbocycles. The molecule has 7 nitrogen and oxygen atoms in total. The number of halogens is 3. The first-order valence-electron chi connectivity index (χ1n) is 9.80. The zero-order valence-corrected chi connectivity index (χ0v) is 19.4. The number of alkyl halides is 3. The van der Waals surface area contributed by atoms with Crippen molar-refractivity contribution < 1.29 is 27.6 Å². The average molecular weight is 509 g/mol. The maximum atomic E-state index is 12.6. The maximum Gasteiger partial charge on any atom is 0.416 e. The van der Waals surface area contributed by atoms with Crippen LogP contribution in [-0.2, 0) is 27.0 Å². The predicted octanol–water partition coefficient (Wildman–Crippen LogP) is 5.03. The molecule has 0 radical (unpaired) electrons. The molecule has 3 N–H and O–H groups in total. The Bertz CT molecular complexity index is 1180. The highest BCUT2D eigenvalue weighted by molar-refractivity contribution is 8.01. The van der Waals surface area contributed by atoms with Gasteiger partial charge in [-0.2, -0.15) is 13.2 Å². The molecule has 0 spiro atoms. The second-order valence-electron chi connectivity index (χ2n) is 7.00. The van der Waals surface area contributed by atoms with Crippen LogP contribution in [0.2, 0.25) is 0 Å². The van der Waals surface area contributed by atoms with Gasteiger partial charge in [0.25, 0.3) is 0 Å². The number of anilines is 3. The molecular formula is C22H19F3N4O3S2. The average Bonchev–Trinajstić information content (AvgIpc) is 3.19. The molecule has 0 saturated carbocycles. The van der Waals surface area contributed by atoms with Crippen LogP contribution in [0.15, 0.2) is 58.3 Å². The Morgan fingerprint density at radius 3 is 2.24 bits per heavy atom. The summed E-state index contributed by atoms with van der Waals surface area (Å²) in [6.45, 7) is 1.39. The SMILES string of the molecule is CC(=O)Nc1cccc(NC(=O)CSc2nc(CC(=O)Nc3ccc(C(F)(F)F)cc3)cs2)c1. The van der Waals surface area contributed by atoms with Crippen LogP contribution in [-0.4, -0.2) is 28.5 Å². The van der Waals surface area contributed by atoms with E-state index in [1.165, 1.54) is 42.2 Å². The van der Waals surface area contributed by atoms with Crippen molar-refractivity contribution in [1.29, 1.82) is 0 Å². The summed E-state index contributed by atoms with van der Waals surface area (Å²) in [5, 5.41) is 9.59. The van der Waals surface area contributed by atoms with Gasteiger partial charge in [0.2, 0.25) is 17.7 Å². The summed E-state index contributed by atoms with van der Waals surface area (Å²) in [6.07, 6.45) is -4.49. The van der Waals surface area contributed by atoms with E-state index in [1.807, 2.05) is 0 Å². The number of thioether (sulfide) groups is 1. The van der Waals surface area contributed by atoms with E-state index < -0.39 is 17.6 Å². The lowest BCUT2D eigenvalue weighted by molar-refractivity contribution is -0.137. The van der Waals surface area contributed by atoms with Gasteiger partial charge in [-0.05, 0) is 42.5 Å². The largest absolute Gasteiger partial charge is 0.416 e. The molecule has 0 aliphatic rings. The number of aromatic nitrogens is 1. The standard InChI is InChI=1S/C22H19F3N4O3S2/c1-13(30)26-16-3-2-4-17(9-16)28-20(32)12-34-21-29-18(11-33-21)10-19(31)27-15-7-5-14(6-8-15)22(23,24)25/h2-9,11H,10,12H2,1H3,(H,26,30)(H,27,31)(H,28,32). The molecule has 178 valence electrons. The first-order chi connectivity index (χ1) is 16.1. The topological polar surface area (TPSA) is 100 Å². The fraction of sp³-hybridized carbons (Fsp3) is 0.182. The third-order valence-corrected chi connectivity index (χ3v) is 6.23. The van der Waals surface area contributed by atoms with Gasteiger partial charge >= 0.3 is 6.18 Å². The third kappa shape index (κ3) is 7.89. The highest BCUT2D eigenvalue weighted by Gasteiger charge is 2.30. The molecule has 0 unspecified atom stereocenters. The lowest BCUT2D eigenvalue weighted by Gasteiger charge is -2.08. The Balaban J connectivity index is 1.46. The van der Waals surface area contributed by atoms with Crippen LogP contribution >= 0.6 is 23.1 Å². The number of rotatable bonds is 8. The van der Waals surface area contributed by atoms with Crippen LogP contribution in [0.1, 0.15) is 18.2 Å². The van der Waals surface area contributed by atoms with E-state index in [1.54, 1.807) is 29.6 Å². The third-order valence-electron chi connectivity index (χ3n) is 4.16. The summed E-state index contributed by atoms with van der Waals surface area (Å²) in [7, 11) is 0. The normalized spacial score (nSPS) is 11.1. The minimum atomic E-state index is -4.44. The van der Waals surface area contributed by atoms with Crippen molar-refractivity contribution in [2.45, 2.75) is 23.9 Å². The molecule has 2 aromatic carbocycles. The quantitative estimate of drug-likeness (QED) is 0.371. The van der Waals surface area contributed by atoms with Crippen LogP contribution in [0.3, 0.4) is 0 Å². The molecular weight excluding hydrogens is 489 g/mol. The van der Waals surface area contributed by atoms with Crippen molar-refractivity contribution in [2.75, 3.05) is 21.7 Å². The zero-order valence-electron chi connectivity index (χ0n) is 17.7. The zero-order chi connectivity index (χ0) is 24.7. The van der Waals surface area contributed by atoms with E-state index in [0.717, 1.165) is 12.1 Å². The maximum absolute atomic E-state index is 12.6. The lowest BCUT2D eigenvalue weighted by Crippen LogP contribution is -2.15. The Kier molecular flexibility index (Phi) is 8.29. The summed E-state index contributed by atoms with van der Waals surface area (Å²) in [4.78, 5) is 39.8. The first-order valence-corrected chi connectivity index (χ1v) is 11.7. The van der Waals surface area contributed by atoms with Gasteiger partial charge in [-0.3, -0.25) is 14.4 Å². The number of benzene rings is 2. The van der Waals surface area contributed by atoms with Gasteiger partial charge in [0.05, 0.1) is 23.4 Å². The molecule has 34 heavy (non-hydrogen) atoms. The summed E-state index contributed by atoms with van der Waals surface area (Å²) in [5.41, 5.74) is 1.05. The van der Waals surface area contributed by atoms with Gasteiger partial charge in [-0.15, -0.1) is 11.3 Å². The molecule has 1 heterocycles. The second-order valence-corrected chi connectivity index (χ2v) is 9.08. The number of nitrogens with zero attached hydrogens (tertiary/aromatic N) is 1. The first kappa shape index (κ1) is 25.2. The van der Waals surface area contributed by atoms with Gasteiger partial charge < -0.3 is 16.0 Å². The van der Waals surface area contributed by atoms with Crippen LogP contribution in [0.25, 0.3) is 0 Å². The number of carbonyl (C=O) groups is 3. The molecule has 1 aromatic heterocycles. The van der Waals surface area contributed by atoms with Crippen LogP contribution in [0, 0.1) is 0 Å². The Morgan fingerprint density at radius 2 is 1.59 bits per heavy atom. The van der Waals surface area contributed by atoms with Crippen molar-refractivity contribution in [1.82, 2.24) is 4.98 Å². The molecule has 0 atom stereocenters. The molecule has 3 amide bonds. The molecule has 3 aromatic rings. The Morgan fingerprint density at radius 1 is 0.941 bits per heavy atom. The smallest absolute Gasteiger partial charge is 0.326 e. The van der Waals surface area contributed by atoms with Crippen molar-refractivity contribution in [3.05, 3.63) is 65.2 Å². The fourth-order valence-corrected chi connectivity index (χ4v) is 4.40. The number of amides is 3. The summed E-state index contributed by atoms with van der Waals surface area (Å²) < 4.78 is 38.4. The molecule has 0 saturated heterocycles. The van der Waals surface area contributed by atoms with Gasteiger partial charge in [0.15, 0.2) is 4.34 Å². The van der Waals surface area contributed by atoms with Crippen molar-refractivity contribution in [3.63, 3.8) is 0 Å². The van der Waals surface area contributed by atoms with E-state index >= 15 is 0 Å². The summed E-state index contributed by atoms with van der Waals surface area (Å²) in [6, 6.07) is 10.9. The molecule has 12 heteroatoms. The number of carbonyl (C=O) groups excluding carboxylic acids is 3. The van der Waals surface area contributed by atoms with E-state index in [9.17, 15) is 27.6 Å². The van der Waals surface area contributed by atoms with Crippen molar-refractivity contribution >= 4 is 57.9 Å². The number of thiazole rings is 1. The molecule has 0 aliphatic heterocycles. The number of nitrogens with one attached hydrogen (secondary N) is 3.